The normalized spacial score (nSPS) is 13.5. The van der Waals surface area contributed by atoms with E-state index >= 15 is 0 Å². The molecule has 0 atom stereocenters. The van der Waals surface area contributed by atoms with Gasteiger partial charge < -0.3 is 19.4 Å². The summed E-state index contributed by atoms with van der Waals surface area (Å²) in [7, 11) is 0. The van der Waals surface area contributed by atoms with Crippen LogP contribution in [0.4, 0.5) is 5.69 Å². The molecule has 0 radical (unpaired) electrons. The highest BCUT2D eigenvalue weighted by Crippen LogP contribution is 2.24. The lowest BCUT2D eigenvalue weighted by atomic mass is 10.1. The highest BCUT2D eigenvalue weighted by molar-refractivity contribution is 6.05. The minimum atomic E-state index is -0.265. The molecule has 41 heavy (non-hydrogen) atoms. The van der Waals surface area contributed by atoms with Crippen LogP contribution in [0.25, 0.3) is 27.8 Å². The van der Waals surface area contributed by atoms with Crippen LogP contribution in [-0.2, 0) is 0 Å². The Morgan fingerprint density at radius 2 is 1.93 bits per heavy atom. The van der Waals surface area contributed by atoms with E-state index in [1.54, 1.807) is 35.2 Å². The molecule has 1 amide bonds. The number of carbonyl (C=O) groups is 1. The first-order valence-electron chi connectivity index (χ1n) is 14.0. The van der Waals surface area contributed by atoms with Crippen LogP contribution in [-0.4, -0.2) is 46.6 Å². The fraction of sp³-hybridized carbons (Fsp3) is 0.242. The number of hydrogen-bond acceptors (Lipinski definition) is 6. The van der Waals surface area contributed by atoms with Gasteiger partial charge in [-0.15, -0.1) is 0 Å². The highest BCUT2D eigenvalue weighted by atomic mass is 16.5. The van der Waals surface area contributed by atoms with Crippen LogP contribution in [0, 0.1) is 6.92 Å². The summed E-state index contributed by atoms with van der Waals surface area (Å²) in [4.78, 5) is 33.1. The van der Waals surface area contributed by atoms with Crippen molar-refractivity contribution in [2.45, 2.75) is 26.2 Å². The molecule has 1 N–H and O–H groups in total. The predicted octanol–water partition coefficient (Wildman–Crippen LogP) is 6.07. The number of oxazole rings is 1. The highest BCUT2D eigenvalue weighted by Gasteiger charge is 2.14. The Morgan fingerprint density at radius 3 is 2.76 bits per heavy atom. The summed E-state index contributed by atoms with van der Waals surface area (Å²) in [5, 5.41) is 4.40. The molecule has 8 nitrogen and oxygen atoms in total. The largest absolute Gasteiger partial charge is 0.494 e. The monoisotopic (exact) mass is 548 g/mol. The van der Waals surface area contributed by atoms with Gasteiger partial charge in [0.15, 0.2) is 12.2 Å². The minimum Gasteiger partial charge on any atom is -0.494 e. The van der Waals surface area contributed by atoms with E-state index in [0.29, 0.717) is 40.4 Å². The molecular weight excluding hydrogens is 516 g/mol. The van der Waals surface area contributed by atoms with E-state index in [9.17, 15) is 9.59 Å². The van der Waals surface area contributed by atoms with Gasteiger partial charge in [0.1, 0.15) is 5.75 Å². The molecule has 8 heteroatoms. The zero-order valence-electron chi connectivity index (χ0n) is 23.0. The molecule has 0 saturated carbocycles. The third-order valence-electron chi connectivity index (χ3n) is 7.53. The van der Waals surface area contributed by atoms with Crippen LogP contribution in [0.5, 0.6) is 5.75 Å². The number of aromatic nitrogens is 2. The number of carbonyl (C=O) groups excluding carboxylic acids is 1. The zero-order chi connectivity index (χ0) is 28.2. The number of aryl methyl sites for hydroxylation is 1. The van der Waals surface area contributed by atoms with Crippen LogP contribution in [0.15, 0.2) is 94.7 Å². The van der Waals surface area contributed by atoms with Gasteiger partial charge in [-0.05, 0) is 92.7 Å². The van der Waals surface area contributed by atoms with Crippen molar-refractivity contribution in [1.29, 1.82) is 0 Å². The van der Waals surface area contributed by atoms with Crippen molar-refractivity contribution >= 4 is 22.4 Å². The zero-order valence-corrected chi connectivity index (χ0v) is 23.0. The second-order valence-corrected chi connectivity index (χ2v) is 10.4. The molecule has 2 aromatic heterocycles. The summed E-state index contributed by atoms with van der Waals surface area (Å²) >= 11 is 0. The molecular formula is C33H32N4O4. The Kier molecular flexibility index (Phi) is 7.65. The number of amides is 1. The molecule has 1 aliphatic heterocycles. The van der Waals surface area contributed by atoms with Gasteiger partial charge in [-0.2, -0.15) is 0 Å². The second-order valence-electron chi connectivity index (χ2n) is 10.4. The topological polar surface area (TPSA) is 89.6 Å². The van der Waals surface area contributed by atoms with E-state index in [-0.39, 0.29) is 11.5 Å². The number of anilines is 1. The summed E-state index contributed by atoms with van der Waals surface area (Å²) in [5.74, 6) is 1.02. The van der Waals surface area contributed by atoms with Crippen LogP contribution in [0.3, 0.4) is 0 Å². The molecule has 3 heterocycles. The summed E-state index contributed by atoms with van der Waals surface area (Å²) in [6.07, 6.45) is 8.26. The molecule has 1 fully saturated rings. The average molecular weight is 549 g/mol. The number of ether oxygens (including phenoxy) is 1. The van der Waals surface area contributed by atoms with Gasteiger partial charge in [0, 0.05) is 29.6 Å². The van der Waals surface area contributed by atoms with Crippen molar-refractivity contribution in [3.63, 3.8) is 0 Å². The van der Waals surface area contributed by atoms with Crippen LogP contribution >= 0.6 is 0 Å². The van der Waals surface area contributed by atoms with E-state index in [4.69, 9.17) is 9.15 Å². The molecule has 208 valence electrons. The van der Waals surface area contributed by atoms with Gasteiger partial charge in [-0.3, -0.25) is 14.2 Å². The van der Waals surface area contributed by atoms with Crippen molar-refractivity contribution in [3.05, 3.63) is 107 Å². The number of fused-ring (bicyclic) bond motifs is 1. The fourth-order valence-electron chi connectivity index (χ4n) is 5.30. The first kappa shape index (κ1) is 26.5. The van der Waals surface area contributed by atoms with Gasteiger partial charge >= 0.3 is 0 Å². The smallest absolute Gasteiger partial charge is 0.263 e. The number of likely N-dealkylation sites (tertiary alicyclic amines) is 1. The van der Waals surface area contributed by atoms with Gasteiger partial charge in [-0.1, -0.05) is 24.3 Å². The number of nitrogens with zero attached hydrogens (tertiary/aromatic N) is 3. The van der Waals surface area contributed by atoms with Gasteiger partial charge in [0.2, 0.25) is 0 Å². The van der Waals surface area contributed by atoms with Crippen LogP contribution in [0.1, 0.15) is 35.2 Å². The molecule has 5 aromatic rings. The molecule has 0 unspecified atom stereocenters. The van der Waals surface area contributed by atoms with Gasteiger partial charge in [-0.25, -0.2) is 4.98 Å². The maximum Gasteiger partial charge on any atom is 0.263 e. The molecule has 0 aliphatic carbocycles. The Morgan fingerprint density at radius 1 is 1.05 bits per heavy atom. The molecule has 0 spiro atoms. The minimum absolute atomic E-state index is 0.142. The molecule has 1 saturated heterocycles. The Labute approximate surface area is 238 Å². The molecule has 6 rings (SSSR count). The molecule has 3 aromatic carbocycles. The lowest BCUT2D eigenvalue weighted by Gasteiger charge is -2.15. The summed E-state index contributed by atoms with van der Waals surface area (Å²) < 4.78 is 13.0. The van der Waals surface area contributed by atoms with E-state index in [1.165, 1.54) is 32.3 Å². The van der Waals surface area contributed by atoms with Crippen molar-refractivity contribution in [1.82, 2.24) is 14.5 Å². The second kappa shape index (κ2) is 11.8. The van der Waals surface area contributed by atoms with Gasteiger partial charge in [0.05, 0.1) is 23.9 Å². The van der Waals surface area contributed by atoms with Crippen LogP contribution < -0.4 is 15.6 Å². The van der Waals surface area contributed by atoms with E-state index in [1.807, 2.05) is 55.5 Å². The first-order chi connectivity index (χ1) is 20.0. The fourth-order valence-corrected chi connectivity index (χ4v) is 5.30. The maximum absolute atomic E-state index is 13.6. The van der Waals surface area contributed by atoms with E-state index < -0.39 is 0 Å². The van der Waals surface area contributed by atoms with Crippen molar-refractivity contribution in [2.24, 2.45) is 0 Å². The number of pyridine rings is 1. The Balaban J connectivity index is 1.21. The van der Waals surface area contributed by atoms with Crippen molar-refractivity contribution < 1.29 is 13.9 Å². The quantitative estimate of drug-likeness (QED) is 0.225. The number of hydrogen-bond donors (Lipinski definition) is 1. The number of rotatable bonds is 9. The summed E-state index contributed by atoms with van der Waals surface area (Å²) in [5.41, 5.74) is 3.29. The standard InChI is InChI=1S/C33H32N4O4/c1-23-8-10-27(35-32(38)26-7-4-6-25(18-26)31-21-34-22-41-31)19-30(23)37-16-12-24-9-11-28(20-29(24)33(37)39)40-17-5-15-36-13-2-3-14-36/h4,6-12,16,18-22H,2-3,5,13-15,17H2,1H3,(H,35,38). The maximum atomic E-state index is 13.6. The first-order valence-corrected chi connectivity index (χ1v) is 14.0. The van der Waals surface area contributed by atoms with Crippen molar-refractivity contribution in [3.8, 4) is 22.8 Å². The Hall–Kier alpha value is -4.69. The SMILES string of the molecule is Cc1ccc(NC(=O)c2cccc(-c3cnco3)c2)cc1-n1ccc2ccc(OCCCN3CCCC3)cc2c1=O. The summed E-state index contributed by atoms with van der Waals surface area (Å²) in [6, 6.07) is 20.3. The lowest BCUT2D eigenvalue weighted by molar-refractivity contribution is 0.102. The lowest BCUT2D eigenvalue weighted by Crippen LogP contribution is -2.22. The van der Waals surface area contributed by atoms with Gasteiger partial charge in [0.25, 0.3) is 11.5 Å². The third kappa shape index (κ3) is 5.93. The van der Waals surface area contributed by atoms with E-state index in [0.717, 1.165) is 29.5 Å². The average Bonchev–Trinajstić information content (AvgIpc) is 3.72. The third-order valence-corrected chi connectivity index (χ3v) is 7.53. The number of benzene rings is 3. The Bertz CT molecular complexity index is 1740. The van der Waals surface area contributed by atoms with E-state index in [2.05, 4.69) is 15.2 Å². The number of nitrogens with one attached hydrogen (secondary N) is 1. The molecule has 1 aliphatic rings. The molecule has 0 bridgehead atoms. The van der Waals surface area contributed by atoms with Crippen molar-refractivity contribution in [2.75, 3.05) is 31.6 Å². The summed E-state index contributed by atoms with van der Waals surface area (Å²) in [6.45, 7) is 5.95. The van der Waals surface area contributed by atoms with Crippen LogP contribution in [0.2, 0.25) is 0 Å². The predicted molar refractivity (Wildman–Crippen MR) is 160 cm³/mol.